The molecule has 1 aromatic rings. The number of hydrogen-bond acceptors (Lipinski definition) is 10. The Labute approximate surface area is 222 Å². The summed E-state index contributed by atoms with van der Waals surface area (Å²) >= 11 is 0. The second-order valence-corrected chi connectivity index (χ2v) is 10.2. The third-order valence-electron chi connectivity index (χ3n) is 6.82. The van der Waals surface area contributed by atoms with Crippen LogP contribution in [0, 0.1) is 17.8 Å². The Balaban J connectivity index is 1.80. The predicted octanol–water partition coefficient (Wildman–Crippen LogP) is 2.84. The van der Waals surface area contributed by atoms with Gasteiger partial charge >= 0.3 is 17.9 Å². The maximum atomic E-state index is 13.1. The van der Waals surface area contributed by atoms with Gasteiger partial charge in [-0.25, -0.2) is 9.78 Å². The summed E-state index contributed by atoms with van der Waals surface area (Å²) in [5.74, 6) is -2.62. The van der Waals surface area contributed by atoms with Gasteiger partial charge in [-0.15, -0.1) is 0 Å². The Morgan fingerprint density at radius 2 is 1.89 bits per heavy atom. The van der Waals surface area contributed by atoms with Crippen molar-refractivity contribution in [1.29, 1.82) is 0 Å². The molecule has 11 heteroatoms. The molecule has 3 rings (SSSR count). The second kappa shape index (κ2) is 13.5. The summed E-state index contributed by atoms with van der Waals surface area (Å²) in [5.41, 5.74) is -0.233. The summed E-state index contributed by atoms with van der Waals surface area (Å²) in [4.78, 5) is 54.4. The first kappa shape index (κ1) is 29.3. The average Bonchev–Trinajstić information content (AvgIpc) is 3.39. The number of carbonyl (C=O) groups excluding carboxylic acids is 4. The number of carbonyl (C=O) groups is 4. The summed E-state index contributed by atoms with van der Waals surface area (Å²) in [6, 6.07) is 0.270. The van der Waals surface area contributed by atoms with E-state index in [0.717, 1.165) is 19.3 Å². The van der Waals surface area contributed by atoms with E-state index < -0.39 is 36.1 Å². The first-order valence-corrected chi connectivity index (χ1v) is 13.1. The van der Waals surface area contributed by atoms with Crippen molar-refractivity contribution in [2.75, 3.05) is 20.3 Å². The van der Waals surface area contributed by atoms with Gasteiger partial charge in [0.1, 0.15) is 12.2 Å². The minimum absolute atomic E-state index is 0.131. The highest BCUT2D eigenvalue weighted by Crippen LogP contribution is 2.34. The molecule has 0 aromatic carbocycles. The van der Waals surface area contributed by atoms with Crippen LogP contribution in [0.15, 0.2) is 12.3 Å². The summed E-state index contributed by atoms with van der Waals surface area (Å²) < 4.78 is 27.8. The Kier molecular flexibility index (Phi) is 10.5. The number of nitrogens with one attached hydrogen (secondary N) is 1. The van der Waals surface area contributed by atoms with E-state index in [4.69, 9.17) is 23.7 Å². The highest BCUT2D eigenvalue weighted by Gasteiger charge is 2.39. The fraction of sp³-hybridized carbons (Fsp3) is 0.667. The van der Waals surface area contributed by atoms with Gasteiger partial charge in [-0.2, -0.15) is 0 Å². The number of rotatable bonds is 8. The minimum Gasteiger partial charge on any atom is -0.493 e. The van der Waals surface area contributed by atoms with Gasteiger partial charge in [-0.1, -0.05) is 39.5 Å². The molecular formula is C27H38N2O9. The van der Waals surface area contributed by atoms with E-state index in [9.17, 15) is 19.2 Å². The van der Waals surface area contributed by atoms with Crippen LogP contribution in [0.5, 0.6) is 11.5 Å². The summed E-state index contributed by atoms with van der Waals surface area (Å²) in [6.07, 6.45) is 5.21. The molecule has 2 aliphatic rings. The van der Waals surface area contributed by atoms with E-state index in [2.05, 4.69) is 10.3 Å². The van der Waals surface area contributed by atoms with Crippen LogP contribution in [0.3, 0.4) is 0 Å². The number of hydrogen-bond donors (Lipinski definition) is 1. The summed E-state index contributed by atoms with van der Waals surface area (Å²) in [7, 11) is 1.36. The largest absolute Gasteiger partial charge is 0.493 e. The molecule has 0 bridgehead atoms. The standard InChI is InChI=1S/C27H38N2O9/c1-15(2)26(32)38-23-16(3)36-27(33)20(14-35-13-19(23)12-18-8-6-7-9-18)29-25(31)22-24(37-17(4)30)21(34-5)10-11-28-22/h10-11,15-16,18-20,23H,6-9,12-14H2,1-5H3,(H,29,31)/t16-,19-,20-,23-/m0/s1. The van der Waals surface area contributed by atoms with Crippen molar-refractivity contribution in [2.24, 2.45) is 17.8 Å². The van der Waals surface area contributed by atoms with Crippen LogP contribution < -0.4 is 14.8 Å². The van der Waals surface area contributed by atoms with Gasteiger partial charge in [0.15, 0.2) is 17.5 Å². The number of pyridine rings is 1. The number of ether oxygens (including phenoxy) is 5. The van der Waals surface area contributed by atoms with E-state index in [1.165, 1.54) is 39.1 Å². The smallest absolute Gasteiger partial charge is 0.331 e. The topological polar surface area (TPSA) is 139 Å². The minimum atomic E-state index is -1.17. The van der Waals surface area contributed by atoms with Crippen LogP contribution in [0.4, 0.5) is 0 Å². The summed E-state index contributed by atoms with van der Waals surface area (Å²) in [5, 5.41) is 2.57. The van der Waals surface area contributed by atoms with Gasteiger partial charge in [-0.05, 0) is 19.3 Å². The van der Waals surface area contributed by atoms with Gasteiger partial charge in [0, 0.05) is 25.1 Å². The fourth-order valence-corrected chi connectivity index (χ4v) is 4.88. The molecule has 0 spiro atoms. The van der Waals surface area contributed by atoms with E-state index >= 15 is 0 Å². The van der Waals surface area contributed by atoms with Crippen molar-refractivity contribution in [3.05, 3.63) is 18.0 Å². The van der Waals surface area contributed by atoms with Crippen molar-refractivity contribution < 1.29 is 42.9 Å². The SMILES string of the molecule is COc1ccnc(C(=O)N[C@H]2COC[C@H](CC3CCCC3)[C@@H](OC(=O)C(C)C)[C@H](C)OC2=O)c1OC(C)=O. The van der Waals surface area contributed by atoms with Crippen molar-refractivity contribution in [3.63, 3.8) is 0 Å². The van der Waals surface area contributed by atoms with Crippen molar-refractivity contribution in [3.8, 4) is 11.5 Å². The highest BCUT2D eigenvalue weighted by atomic mass is 16.6. The van der Waals surface area contributed by atoms with E-state index in [1.54, 1.807) is 20.8 Å². The van der Waals surface area contributed by atoms with Crippen LogP contribution in [-0.2, 0) is 28.6 Å². The molecule has 1 N–H and O–H groups in total. The lowest BCUT2D eigenvalue weighted by Crippen LogP contribution is -2.47. The molecule has 4 atom stereocenters. The molecule has 0 unspecified atom stereocenters. The molecule has 1 saturated heterocycles. The maximum Gasteiger partial charge on any atom is 0.331 e. The lowest BCUT2D eigenvalue weighted by molar-refractivity contribution is -0.174. The number of nitrogens with zero attached hydrogens (tertiary/aromatic N) is 1. The van der Waals surface area contributed by atoms with Crippen LogP contribution in [-0.4, -0.2) is 67.4 Å². The van der Waals surface area contributed by atoms with Gasteiger partial charge in [0.2, 0.25) is 5.75 Å². The number of methoxy groups -OCH3 is 1. The molecule has 1 aliphatic heterocycles. The van der Waals surface area contributed by atoms with Crippen molar-refractivity contribution >= 4 is 23.8 Å². The molecule has 210 valence electrons. The zero-order valence-corrected chi connectivity index (χ0v) is 22.7. The third-order valence-corrected chi connectivity index (χ3v) is 6.82. The molecule has 11 nitrogen and oxygen atoms in total. The van der Waals surface area contributed by atoms with Crippen molar-refractivity contribution in [2.45, 2.75) is 78.0 Å². The van der Waals surface area contributed by atoms with Gasteiger partial charge in [0.25, 0.3) is 5.91 Å². The molecule has 2 fully saturated rings. The van der Waals surface area contributed by atoms with Crippen LogP contribution >= 0.6 is 0 Å². The Bertz CT molecular complexity index is 1010. The van der Waals surface area contributed by atoms with E-state index in [-0.39, 0.29) is 48.2 Å². The first-order chi connectivity index (χ1) is 18.1. The lowest BCUT2D eigenvalue weighted by atomic mass is 9.87. The second-order valence-electron chi connectivity index (χ2n) is 10.2. The maximum absolute atomic E-state index is 13.1. The van der Waals surface area contributed by atoms with Crippen LogP contribution in [0.1, 0.15) is 70.3 Å². The van der Waals surface area contributed by atoms with E-state index in [1.807, 2.05) is 0 Å². The Morgan fingerprint density at radius 3 is 2.53 bits per heavy atom. The fourth-order valence-electron chi connectivity index (χ4n) is 4.88. The third kappa shape index (κ3) is 7.66. The zero-order chi connectivity index (χ0) is 27.8. The lowest BCUT2D eigenvalue weighted by Gasteiger charge is -2.32. The molecule has 1 aliphatic carbocycles. The Morgan fingerprint density at radius 1 is 1.18 bits per heavy atom. The van der Waals surface area contributed by atoms with Gasteiger partial charge < -0.3 is 29.0 Å². The monoisotopic (exact) mass is 534 g/mol. The molecule has 1 aromatic heterocycles. The number of aromatic nitrogens is 1. The van der Waals surface area contributed by atoms with Gasteiger partial charge in [-0.3, -0.25) is 14.4 Å². The average molecular weight is 535 g/mol. The predicted molar refractivity (Wildman–Crippen MR) is 135 cm³/mol. The first-order valence-electron chi connectivity index (χ1n) is 13.1. The van der Waals surface area contributed by atoms with Gasteiger partial charge in [0.05, 0.1) is 26.2 Å². The normalized spacial score (nSPS) is 24.5. The molecule has 1 amide bonds. The highest BCUT2D eigenvalue weighted by molar-refractivity contribution is 5.98. The molecular weight excluding hydrogens is 496 g/mol. The molecule has 1 saturated carbocycles. The number of amides is 1. The molecule has 0 radical (unpaired) electrons. The summed E-state index contributed by atoms with van der Waals surface area (Å²) in [6.45, 7) is 6.44. The molecule has 38 heavy (non-hydrogen) atoms. The van der Waals surface area contributed by atoms with Crippen LogP contribution in [0.25, 0.3) is 0 Å². The quantitative estimate of drug-likeness (QED) is 0.495. The zero-order valence-electron chi connectivity index (χ0n) is 22.7. The van der Waals surface area contributed by atoms with E-state index in [0.29, 0.717) is 5.92 Å². The Hall–Kier alpha value is -3.21. The number of cyclic esters (lactones) is 1. The number of esters is 3. The molecule has 2 heterocycles. The van der Waals surface area contributed by atoms with Crippen molar-refractivity contribution in [1.82, 2.24) is 10.3 Å². The van der Waals surface area contributed by atoms with Crippen LogP contribution in [0.2, 0.25) is 0 Å².